The summed E-state index contributed by atoms with van der Waals surface area (Å²) >= 11 is 0. The van der Waals surface area contributed by atoms with E-state index in [-0.39, 0.29) is 0 Å². The second-order valence-electron chi connectivity index (χ2n) is 9.54. The summed E-state index contributed by atoms with van der Waals surface area (Å²) in [7, 11) is 0. The SMILES string of the molecule is C=NC(=NCc1ccccc1)c1ccc2c(c1)Cc1ccc(-n3c4ccccc4c4ccccc43)cc1-2. The van der Waals surface area contributed by atoms with E-state index < -0.39 is 0 Å². The van der Waals surface area contributed by atoms with Gasteiger partial charge in [0.05, 0.1) is 17.6 Å². The van der Waals surface area contributed by atoms with Crippen LogP contribution in [0.2, 0.25) is 0 Å². The fraction of sp³-hybridized carbons (Fsp3) is 0.0588. The number of amidine groups is 1. The first-order chi connectivity index (χ1) is 18.3. The van der Waals surface area contributed by atoms with Crippen LogP contribution in [0.15, 0.2) is 125 Å². The van der Waals surface area contributed by atoms with Gasteiger partial charge < -0.3 is 4.57 Å². The van der Waals surface area contributed by atoms with Crippen LogP contribution < -0.4 is 0 Å². The van der Waals surface area contributed by atoms with Crippen molar-refractivity contribution in [1.82, 2.24) is 4.57 Å². The van der Waals surface area contributed by atoms with Crippen LogP contribution in [0.4, 0.5) is 0 Å². The van der Waals surface area contributed by atoms with Gasteiger partial charge in [-0.1, -0.05) is 84.9 Å². The summed E-state index contributed by atoms with van der Waals surface area (Å²) in [6.45, 7) is 4.38. The molecule has 0 amide bonds. The number of fused-ring (bicyclic) bond motifs is 6. The Hall–Kier alpha value is -4.76. The van der Waals surface area contributed by atoms with E-state index >= 15 is 0 Å². The Labute approximate surface area is 216 Å². The highest BCUT2D eigenvalue weighted by atomic mass is 15.0. The van der Waals surface area contributed by atoms with Crippen molar-refractivity contribution in [2.75, 3.05) is 0 Å². The first kappa shape index (κ1) is 21.5. The molecule has 176 valence electrons. The Morgan fingerprint density at radius 2 is 1.38 bits per heavy atom. The first-order valence-corrected chi connectivity index (χ1v) is 12.6. The van der Waals surface area contributed by atoms with Gasteiger partial charge in [0.1, 0.15) is 0 Å². The van der Waals surface area contributed by atoms with Crippen molar-refractivity contribution in [2.24, 2.45) is 9.98 Å². The molecule has 0 atom stereocenters. The molecule has 5 aromatic carbocycles. The highest BCUT2D eigenvalue weighted by Crippen LogP contribution is 2.40. The summed E-state index contributed by atoms with van der Waals surface area (Å²) in [5, 5.41) is 2.56. The van der Waals surface area contributed by atoms with Gasteiger partial charge in [-0.15, -0.1) is 0 Å². The monoisotopic (exact) mass is 475 g/mol. The number of nitrogens with zero attached hydrogens (tertiary/aromatic N) is 3. The van der Waals surface area contributed by atoms with Crippen LogP contribution >= 0.6 is 0 Å². The summed E-state index contributed by atoms with van der Waals surface area (Å²) in [6, 6.07) is 41.0. The normalized spacial score (nSPS) is 12.6. The number of benzene rings is 5. The van der Waals surface area contributed by atoms with E-state index in [4.69, 9.17) is 4.99 Å². The molecule has 0 N–H and O–H groups in total. The minimum atomic E-state index is 0.592. The predicted molar refractivity (Wildman–Crippen MR) is 155 cm³/mol. The molecule has 1 aliphatic rings. The number of para-hydroxylation sites is 2. The van der Waals surface area contributed by atoms with Gasteiger partial charge in [0.15, 0.2) is 5.84 Å². The molecular weight excluding hydrogens is 450 g/mol. The molecule has 3 nitrogen and oxygen atoms in total. The van der Waals surface area contributed by atoms with Crippen molar-refractivity contribution in [3.63, 3.8) is 0 Å². The number of aromatic nitrogens is 1. The molecule has 1 aliphatic carbocycles. The largest absolute Gasteiger partial charge is 0.309 e. The van der Waals surface area contributed by atoms with Crippen LogP contribution in [-0.2, 0) is 13.0 Å². The van der Waals surface area contributed by atoms with E-state index in [1.165, 1.54) is 49.7 Å². The fourth-order valence-electron chi connectivity index (χ4n) is 5.64. The maximum atomic E-state index is 4.75. The predicted octanol–water partition coefficient (Wildman–Crippen LogP) is 8.00. The molecule has 1 aromatic heterocycles. The Balaban J connectivity index is 1.29. The van der Waals surface area contributed by atoms with Gasteiger partial charge in [0.25, 0.3) is 0 Å². The zero-order valence-corrected chi connectivity index (χ0v) is 20.4. The van der Waals surface area contributed by atoms with E-state index in [0.29, 0.717) is 12.4 Å². The standard InChI is InChI=1S/C34H25N3/c1-35-34(36-22-23-9-3-2-4-10-23)25-16-18-28-26(20-25)19-24-15-17-27(21-31(24)28)37-32-13-7-5-11-29(32)30-12-6-8-14-33(30)37/h2-18,20-21H,1,19,22H2. The van der Waals surface area contributed by atoms with E-state index in [0.717, 1.165) is 17.5 Å². The lowest BCUT2D eigenvalue weighted by Gasteiger charge is -2.11. The smallest absolute Gasteiger partial charge is 0.154 e. The van der Waals surface area contributed by atoms with Crippen molar-refractivity contribution < 1.29 is 0 Å². The van der Waals surface area contributed by atoms with Crippen LogP contribution in [0.3, 0.4) is 0 Å². The molecule has 3 heteroatoms. The summed E-state index contributed by atoms with van der Waals surface area (Å²) in [6.07, 6.45) is 0.912. The van der Waals surface area contributed by atoms with Crippen LogP contribution in [0.5, 0.6) is 0 Å². The number of rotatable bonds is 4. The Kier molecular flexibility index (Phi) is 5.07. The van der Waals surface area contributed by atoms with Crippen LogP contribution in [0, 0.1) is 0 Å². The second kappa shape index (κ2) is 8.72. The van der Waals surface area contributed by atoms with E-state index in [2.05, 4.69) is 113 Å². The molecule has 0 unspecified atom stereocenters. The molecule has 7 rings (SSSR count). The third kappa shape index (κ3) is 3.59. The first-order valence-electron chi connectivity index (χ1n) is 12.6. The minimum absolute atomic E-state index is 0.592. The average molecular weight is 476 g/mol. The topological polar surface area (TPSA) is 29.6 Å². The van der Waals surface area contributed by atoms with Gasteiger partial charge in [0, 0.05) is 22.0 Å². The summed E-state index contributed by atoms with van der Waals surface area (Å²) < 4.78 is 2.38. The van der Waals surface area contributed by atoms with Gasteiger partial charge in [-0.25, -0.2) is 4.99 Å². The highest BCUT2D eigenvalue weighted by Gasteiger charge is 2.21. The number of hydrogen-bond donors (Lipinski definition) is 0. The van der Waals surface area contributed by atoms with E-state index in [1.807, 2.05) is 18.2 Å². The highest BCUT2D eigenvalue weighted by molar-refractivity contribution is 6.09. The molecule has 0 bridgehead atoms. The molecule has 6 aromatic rings. The third-order valence-electron chi connectivity index (χ3n) is 7.37. The maximum absolute atomic E-state index is 4.75. The second-order valence-corrected chi connectivity index (χ2v) is 9.54. The molecule has 0 aliphatic heterocycles. The van der Waals surface area contributed by atoms with Crippen molar-refractivity contribution in [2.45, 2.75) is 13.0 Å². The molecule has 0 saturated heterocycles. The fourth-order valence-corrected chi connectivity index (χ4v) is 5.64. The van der Waals surface area contributed by atoms with Crippen LogP contribution in [0.25, 0.3) is 38.6 Å². The van der Waals surface area contributed by atoms with Crippen molar-refractivity contribution in [1.29, 1.82) is 0 Å². The number of hydrogen-bond acceptors (Lipinski definition) is 1. The molecule has 0 spiro atoms. The Morgan fingerprint density at radius 1 is 0.676 bits per heavy atom. The molecule has 0 fully saturated rings. The average Bonchev–Trinajstić information content (AvgIpc) is 3.49. The summed E-state index contributed by atoms with van der Waals surface area (Å²) in [5.41, 5.74) is 11.1. The Bertz CT molecular complexity index is 1790. The van der Waals surface area contributed by atoms with Gasteiger partial charge in [-0.2, -0.15) is 0 Å². The lowest BCUT2D eigenvalue weighted by Crippen LogP contribution is -1.99. The maximum Gasteiger partial charge on any atom is 0.154 e. The van der Waals surface area contributed by atoms with Gasteiger partial charge in [0.2, 0.25) is 0 Å². The molecule has 0 radical (unpaired) electrons. The summed E-state index contributed by atoms with van der Waals surface area (Å²) in [4.78, 5) is 9.00. The van der Waals surface area contributed by atoms with Gasteiger partial charge in [-0.3, -0.25) is 4.99 Å². The summed E-state index contributed by atoms with van der Waals surface area (Å²) in [5.74, 6) is 0.688. The third-order valence-corrected chi connectivity index (χ3v) is 7.37. The molecule has 1 heterocycles. The van der Waals surface area contributed by atoms with Gasteiger partial charge in [-0.05, 0) is 71.3 Å². The molecule has 37 heavy (non-hydrogen) atoms. The quantitative estimate of drug-likeness (QED) is 0.182. The Morgan fingerprint density at radius 3 is 2.11 bits per heavy atom. The molecule has 0 saturated carbocycles. The molecular formula is C34H25N3. The zero-order valence-electron chi connectivity index (χ0n) is 20.4. The van der Waals surface area contributed by atoms with Crippen molar-refractivity contribution in [3.05, 3.63) is 138 Å². The van der Waals surface area contributed by atoms with Crippen molar-refractivity contribution in [3.8, 4) is 16.8 Å². The van der Waals surface area contributed by atoms with Crippen LogP contribution in [-0.4, -0.2) is 17.1 Å². The van der Waals surface area contributed by atoms with E-state index in [1.54, 1.807) is 0 Å². The van der Waals surface area contributed by atoms with Crippen molar-refractivity contribution >= 4 is 34.4 Å². The lowest BCUT2D eigenvalue weighted by molar-refractivity contribution is 1.06. The van der Waals surface area contributed by atoms with E-state index in [9.17, 15) is 0 Å². The minimum Gasteiger partial charge on any atom is -0.309 e. The lowest BCUT2D eigenvalue weighted by atomic mass is 10.0. The zero-order chi connectivity index (χ0) is 24.8. The van der Waals surface area contributed by atoms with Crippen LogP contribution in [0.1, 0.15) is 22.3 Å². The van der Waals surface area contributed by atoms with Gasteiger partial charge >= 0.3 is 0 Å². The number of aliphatic imine (C=N–C) groups is 2.